The van der Waals surface area contributed by atoms with Crippen molar-refractivity contribution in [3.05, 3.63) is 0 Å². The van der Waals surface area contributed by atoms with Crippen LogP contribution in [0.15, 0.2) is 0 Å². The van der Waals surface area contributed by atoms with E-state index in [2.05, 4.69) is 11.6 Å². The molecule has 0 radical (unpaired) electrons. The van der Waals surface area contributed by atoms with E-state index in [0.29, 0.717) is 31.2 Å². The predicted molar refractivity (Wildman–Crippen MR) is 85.7 cm³/mol. The minimum atomic E-state index is 0.474. The highest BCUT2D eigenvalue weighted by Crippen LogP contribution is 2.37. The molecule has 1 fully saturated rings. The molecule has 0 atom stereocenters. The first-order valence-corrected chi connectivity index (χ1v) is 8.96. The van der Waals surface area contributed by atoms with Crippen LogP contribution in [0.4, 0.5) is 0 Å². The van der Waals surface area contributed by atoms with E-state index < -0.39 is 0 Å². The second-order valence-electron chi connectivity index (χ2n) is 5.34. The molecule has 1 rings (SSSR count). The second-order valence-corrected chi connectivity index (χ2v) is 6.62. The lowest BCUT2D eigenvalue weighted by atomic mass is 9.88. The van der Waals surface area contributed by atoms with Crippen molar-refractivity contribution >= 4 is 11.8 Å². The molecule has 0 unspecified atom stereocenters. The fourth-order valence-corrected chi connectivity index (χ4v) is 3.52. The molecule has 0 heterocycles. The lowest BCUT2D eigenvalue weighted by molar-refractivity contribution is 0.0255. The van der Waals surface area contributed by atoms with Gasteiger partial charge < -0.3 is 19.5 Å². The van der Waals surface area contributed by atoms with Gasteiger partial charge in [0.05, 0.1) is 33.0 Å². The van der Waals surface area contributed by atoms with E-state index in [9.17, 15) is 0 Å². The van der Waals surface area contributed by atoms with Crippen molar-refractivity contribution in [3.8, 4) is 0 Å². The van der Waals surface area contributed by atoms with E-state index in [1.165, 1.54) is 32.1 Å². The Morgan fingerprint density at radius 2 is 1.60 bits per heavy atom. The highest BCUT2D eigenvalue weighted by atomic mass is 32.2. The van der Waals surface area contributed by atoms with Crippen molar-refractivity contribution in [2.45, 2.75) is 36.9 Å². The molecular weight excluding hydrogens is 274 g/mol. The molecule has 0 amide bonds. The summed E-state index contributed by atoms with van der Waals surface area (Å²) in [4.78, 5) is 0. The zero-order chi connectivity index (χ0) is 14.5. The smallest absolute Gasteiger partial charge is 0.0701 e. The maximum absolute atomic E-state index is 5.53. The number of thioether (sulfide) groups is 1. The van der Waals surface area contributed by atoms with Gasteiger partial charge in [0.25, 0.3) is 0 Å². The van der Waals surface area contributed by atoms with Crippen molar-refractivity contribution in [2.75, 3.05) is 59.5 Å². The fraction of sp³-hybridized carbons (Fsp3) is 1.00. The van der Waals surface area contributed by atoms with Crippen LogP contribution in [0, 0.1) is 0 Å². The Bertz CT molecular complexity index is 223. The van der Waals surface area contributed by atoms with Gasteiger partial charge in [-0.05, 0) is 19.1 Å². The third kappa shape index (κ3) is 7.84. The number of hydrogen-bond donors (Lipinski definition) is 1. The summed E-state index contributed by atoms with van der Waals surface area (Å²) in [7, 11) is 1.68. The quantitative estimate of drug-likeness (QED) is 0.560. The molecule has 1 saturated carbocycles. The molecule has 1 aliphatic rings. The first kappa shape index (κ1) is 18.2. The predicted octanol–water partition coefficient (Wildman–Crippen LogP) is 2.32. The lowest BCUT2D eigenvalue weighted by Gasteiger charge is -2.36. The number of rotatable bonds is 12. The molecule has 0 saturated heterocycles. The second kappa shape index (κ2) is 11.8. The molecule has 20 heavy (non-hydrogen) atoms. The molecule has 0 aromatic rings. The van der Waals surface area contributed by atoms with Crippen LogP contribution in [0.3, 0.4) is 0 Å². The standard InChI is InChI=1S/C15H31NO3S/c1-17-10-11-19-13-12-18-9-8-16-14-15(20-2)6-4-3-5-7-15/h16H,3-14H2,1-2H3. The van der Waals surface area contributed by atoms with E-state index in [4.69, 9.17) is 14.2 Å². The molecule has 4 nitrogen and oxygen atoms in total. The minimum absolute atomic E-state index is 0.474. The maximum Gasteiger partial charge on any atom is 0.0701 e. The van der Waals surface area contributed by atoms with Crippen molar-refractivity contribution in [2.24, 2.45) is 0 Å². The Kier molecular flexibility index (Phi) is 10.8. The molecule has 0 aromatic heterocycles. The normalized spacial score (nSPS) is 18.3. The summed E-state index contributed by atoms with van der Waals surface area (Å²) < 4.78 is 16.2. The zero-order valence-corrected chi connectivity index (χ0v) is 13.9. The van der Waals surface area contributed by atoms with Crippen molar-refractivity contribution in [1.82, 2.24) is 5.32 Å². The molecule has 0 spiro atoms. The molecule has 1 aliphatic carbocycles. The molecule has 1 N–H and O–H groups in total. The molecular formula is C15H31NO3S. The van der Waals surface area contributed by atoms with Crippen molar-refractivity contribution in [3.63, 3.8) is 0 Å². The fourth-order valence-electron chi connectivity index (χ4n) is 2.57. The summed E-state index contributed by atoms with van der Waals surface area (Å²) in [5.41, 5.74) is 0. The van der Waals surface area contributed by atoms with Gasteiger partial charge in [-0.2, -0.15) is 11.8 Å². The lowest BCUT2D eigenvalue weighted by Crippen LogP contribution is -2.40. The number of nitrogens with one attached hydrogen (secondary N) is 1. The Labute approximate surface area is 128 Å². The van der Waals surface area contributed by atoms with E-state index in [-0.39, 0.29) is 0 Å². The first-order valence-electron chi connectivity index (χ1n) is 7.73. The highest BCUT2D eigenvalue weighted by Gasteiger charge is 2.30. The van der Waals surface area contributed by atoms with Crippen molar-refractivity contribution in [1.29, 1.82) is 0 Å². The Balaban J connectivity index is 1.91. The van der Waals surface area contributed by atoms with Crippen LogP contribution in [0.5, 0.6) is 0 Å². The van der Waals surface area contributed by atoms with Gasteiger partial charge in [-0.15, -0.1) is 0 Å². The summed E-state index contributed by atoms with van der Waals surface area (Å²) >= 11 is 2.04. The summed E-state index contributed by atoms with van der Waals surface area (Å²) in [5, 5.41) is 3.55. The largest absolute Gasteiger partial charge is 0.382 e. The summed E-state index contributed by atoms with van der Waals surface area (Å²) in [6, 6.07) is 0. The maximum atomic E-state index is 5.53. The molecule has 120 valence electrons. The summed E-state index contributed by atoms with van der Waals surface area (Å²) in [6.07, 6.45) is 9.15. The monoisotopic (exact) mass is 305 g/mol. The Morgan fingerprint density at radius 1 is 0.950 bits per heavy atom. The van der Waals surface area contributed by atoms with Crippen LogP contribution < -0.4 is 5.32 Å². The third-order valence-electron chi connectivity index (χ3n) is 3.87. The van der Waals surface area contributed by atoms with Crippen LogP contribution in [0.2, 0.25) is 0 Å². The summed E-state index contributed by atoms with van der Waals surface area (Å²) in [5.74, 6) is 0. The van der Waals surface area contributed by atoms with Crippen molar-refractivity contribution < 1.29 is 14.2 Å². The SMILES string of the molecule is COCCOCCOCCNCC1(SC)CCCCC1. The highest BCUT2D eigenvalue weighted by molar-refractivity contribution is 8.00. The van der Waals surface area contributed by atoms with E-state index >= 15 is 0 Å². The molecule has 0 aliphatic heterocycles. The minimum Gasteiger partial charge on any atom is -0.382 e. The molecule has 0 aromatic carbocycles. The number of methoxy groups -OCH3 is 1. The van der Waals surface area contributed by atoms with Crippen LogP contribution in [-0.4, -0.2) is 64.2 Å². The van der Waals surface area contributed by atoms with E-state index in [0.717, 1.165) is 19.7 Å². The average molecular weight is 305 g/mol. The van der Waals surface area contributed by atoms with Gasteiger partial charge in [-0.1, -0.05) is 19.3 Å². The Hall–Kier alpha value is 0.190. The first-order chi connectivity index (χ1) is 9.83. The van der Waals surface area contributed by atoms with Gasteiger partial charge in [0.1, 0.15) is 0 Å². The van der Waals surface area contributed by atoms with Gasteiger partial charge in [0, 0.05) is 24.9 Å². The molecule has 0 bridgehead atoms. The van der Waals surface area contributed by atoms with E-state index in [1.54, 1.807) is 7.11 Å². The zero-order valence-electron chi connectivity index (χ0n) is 13.1. The van der Waals surface area contributed by atoms with Gasteiger partial charge >= 0.3 is 0 Å². The number of hydrogen-bond acceptors (Lipinski definition) is 5. The summed E-state index contributed by atoms with van der Waals surface area (Å²) in [6.45, 7) is 5.42. The van der Waals surface area contributed by atoms with Crippen LogP contribution in [0.1, 0.15) is 32.1 Å². The Morgan fingerprint density at radius 3 is 2.25 bits per heavy atom. The van der Waals surface area contributed by atoms with Gasteiger partial charge in [-0.3, -0.25) is 0 Å². The van der Waals surface area contributed by atoms with Gasteiger partial charge in [0.2, 0.25) is 0 Å². The average Bonchev–Trinajstić information content (AvgIpc) is 2.50. The van der Waals surface area contributed by atoms with Gasteiger partial charge in [-0.25, -0.2) is 0 Å². The van der Waals surface area contributed by atoms with Crippen LogP contribution in [0.25, 0.3) is 0 Å². The topological polar surface area (TPSA) is 39.7 Å². The van der Waals surface area contributed by atoms with Crippen LogP contribution in [-0.2, 0) is 14.2 Å². The molecule has 5 heteroatoms. The van der Waals surface area contributed by atoms with Crippen LogP contribution >= 0.6 is 11.8 Å². The third-order valence-corrected chi connectivity index (χ3v) is 5.29. The van der Waals surface area contributed by atoms with Gasteiger partial charge in [0.15, 0.2) is 0 Å². The number of ether oxygens (including phenoxy) is 3. The van der Waals surface area contributed by atoms with E-state index in [1.807, 2.05) is 11.8 Å².